The summed E-state index contributed by atoms with van der Waals surface area (Å²) in [6.45, 7) is 0.665. The van der Waals surface area contributed by atoms with Crippen molar-refractivity contribution >= 4 is 16.7 Å². The maximum atomic E-state index is 5.77. The molecule has 0 fully saturated rings. The Hall–Kier alpha value is -2.12. The highest BCUT2D eigenvalue weighted by molar-refractivity contribution is 5.88. The maximum Gasteiger partial charge on any atom is 0.134 e. The Labute approximate surface area is 93.9 Å². The van der Waals surface area contributed by atoms with Gasteiger partial charge in [-0.2, -0.15) is 0 Å². The van der Waals surface area contributed by atoms with Crippen molar-refractivity contribution in [1.29, 1.82) is 0 Å². The van der Waals surface area contributed by atoms with Crippen molar-refractivity contribution in [2.45, 2.75) is 0 Å². The van der Waals surface area contributed by atoms with Gasteiger partial charge in [-0.05, 0) is 25.2 Å². The van der Waals surface area contributed by atoms with E-state index in [0.717, 1.165) is 16.5 Å². The van der Waals surface area contributed by atoms with Crippen LogP contribution in [0.15, 0.2) is 24.5 Å². The molecule has 2 rings (SSSR count). The van der Waals surface area contributed by atoms with Crippen LogP contribution >= 0.6 is 0 Å². The van der Waals surface area contributed by atoms with Crippen LogP contribution < -0.4 is 11.1 Å². The minimum atomic E-state index is 0.488. The van der Waals surface area contributed by atoms with E-state index in [9.17, 15) is 0 Å². The molecular weight excluding hydrogens is 200 g/mol. The van der Waals surface area contributed by atoms with Gasteiger partial charge < -0.3 is 11.1 Å². The molecule has 0 saturated heterocycles. The first-order chi connectivity index (χ1) is 7.81. The minimum absolute atomic E-state index is 0.488. The summed E-state index contributed by atoms with van der Waals surface area (Å²) in [5, 5.41) is 3.81. The van der Waals surface area contributed by atoms with Gasteiger partial charge in [-0.1, -0.05) is 11.8 Å². The molecule has 1 heterocycles. The number of nitrogens with two attached hydrogens (primary N) is 1. The summed E-state index contributed by atoms with van der Waals surface area (Å²) in [7, 11) is 1.86. The van der Waals surface area contributed by atoms with Crippen LogP contribution in [0.5, 0.6) is 0 Å². The molecule has 0 aliphatic rings. The Kier molecular flexibility index (Phi) is 2.99. The lowest BCUT2D eigenvalue weighted by molar-refractivity contribution is 0.938. The SMILES string of the molecule is CNCC#Cc1ccc2ncnc(N)c2c1. The van der Waals surface area contributed by atoms with Gasteiger partial charge >= 0.3 is 0 Å². The number of hydrogen-bond donors (Lipinski definition) is 2. The third kappa shape index (κ3) is 2.10. The zero-order valence-corrected chi connectivity index (χ0v) is 8.99. The molecule has 3 N–H and O–H groups in total. The van der Waals surface area contributed by atoms with E-state index in [1.54, 1.807) is 0 Å². The van der Waals surface area contributed by atoms with Crippen LogP contribution in [0, 0.1) is 11.8 Å². The van der Waals surface area contributed by atoms with Gasteiger partial charge in [-0.15, -0.1) is 0 Å². The number of benzene rings is 1. The molecule has 80 valence electrons. The van der Waals surface area contributed by atoms with Crippen molar-refractivity contribution in [3.8, 4) is 11.8 Å². The second-order valence-corrected chi connectivity index (χ2v) is 3.32. The Morgan fingerprint density at radius 1 is 1.38 bits per heavy atom. The van der Waals surface area contributed by atoms with E-state index >= 15 is 0 Å². The molecule has 1 aromatic heterocycles. The van der Waals surface area contributed by atoms with E-state index < -0.39 is 0 Å². The molecule has 0 saturated carbocycles. The normalized spacial score (nSPS) is 9.81. The largest absolute Gasteiger partial charge is 0.383 e. The number of aromatic nitrogens is 2. The van der Waals surface area contributed by atoms with Crippen LogP contribution in [-0.2, 0) is 0 Å². The first-order valence-electron chi connectivity index (χ1n) is 4.95. The van der Waals surface area contributed by atoms with Crippen molar-refractivity contribution in [2.24, 2.45) is 0 Å². The Bertz CT molecular complexity index is 566. The summed E-state index contributed by atoms with van der Waals surface area (Å²) < 4.78 is 0. The lowest BCUT2D eigenvalue weighted by Gasteiger charge is -1.99. The van der Waals surface area contributed by atoms with E-state index in [2.05, 4.69) is 27.1 Å². The third-order valence-electron chi connectivity index (χ3n) is 2.16. The van der Waals surface area contributed by atoms with Crippen molar-refractivity contribution in [1.82, 2.24) is 15.3 Å². The van der Waals surface area contributed by atoms with Crippen LogP contribution in [0.1, 0.15) is 5.56 Å². The molecule has 0 radical (unpaired) electrons. The van der Waals surface area contributed by atoms with Gasteiger partial charge in [0.15, 0.2) is 0 Å². The van der Waals surface area contributed by atoms with Crippen molar-refractivity contribution in [3.63, 3.8) is 0 Å². The van der Waals surface area contributed by atoms with E-state index in [1.165, 1.54) is 6.33 Å². The van der Waals surface area contributed by atoms with Crippen molar-refractivity contribution in [3.05, 3.63) is 30.1 Å². The molecule has 0 unspecified atom stereocenters. The molecule has 2 aromatic rings. The smallest absolute Gasteiger partial charge is 0.134 e. The lowest BCUT2D eigenvalue weighted by atomic mass is 10.1. The number of rotatable bonds is 1. The summed E-state index contributed by atoms with van der Waals surface area (Å²) in [4.78, 5) is 8.08. The molecule has 4 nitrogen and oxygen atoms in total. The van der Waals surface area contributed by atoms with Crippen LogP contribution in [-0.4, -0.2) is 23.6 Å². The number of nitrogens with zero attached hydrogens (tertiary/aromatic N) is 2. The highest BCUT2D eigenvalue weighted by atomic mass is 14.9. The fraction of sp³-hybridized carbons (Fsp3) is 0.167. The lowest BCUT2D eigenvalue weighted by Crippen LogP contribution is -2.04. The van der Waals surface area contributed by atoms with Gasteiger partial charge in [0.1, 0.15) is 12.1 Å². The number of anilines is 1. The van der Waals surface area contributed by atoms with Gasteiger partial charge in [-0.25, -0.2) is 9.97 Å². The monoisotopic (exact) mass is 212 g/mol. The fourth-order valence-electron chi connectivity index (χ4n) is 1.39. The van der Waals surface area contributed by atoms with Crippen molar-refractivity contribution < 1.29 is 0 Å². The highest BCUT2D eigenvalue weighted by Gasteiger charge is 1.99. The summed E-state index contributed by atoms with van der Waals surface area (Å²) in [6.07, 6.45) is 1.46. The summed E-state index contributed by atoms with van der Waals surface area (Å²) >= 11 is 0. The van der Waals surface area contributed by atoms with Crippen molar-refractivity contribution in [2.75, 3.05) is 19.3 Å². The first kappa shape index (κ1) is 10.4. The molecular formula is C12H12N4. The first-order valence-corrected chi connectivity index (χ1v) is 4.95. The molecule has 4 heteroatoms. The van der Waals surface area contributed by atoms with E-state index in [1.807, 2.05) is 25.2 Å². The maximum absolute atomic E-state index is 5.77. The number of nitrogens with one attached hydrogen (secondary N) is 1. The standard InChI is InChI=1S/C12H12N4/c1-14-6-2-3-9-4-5-11-10(7-9)12(13)16-8-15-11/h4-5,7-8,14H,6H2,1H3,(H2,13,15,16). The molecule has 1 aromatic carbocycles. The quantitative estimate of drug-likeness (QED) is 0.686. The van der Waals surface area contributed by atoms with Crippen LogP contribution in [0.4, 0.5) is 5.82 Å². The molecule has 0 atom stereocenters. The second kappa shape index (κ2) is 4.60. The van der Waals surface area contributed by atoms with Gasteiger partial charge in [0.2, 0.25) is 0 Å². The second-order valence-electron chi connectivity index (χ2n) is 3.32. The summed E-state index contributed by atoms with van der Waals surface area (Å²) in [5.74, 6) is 6.52. The van der Waals surface area contributed by atoms with Crippen LogP contribution in [0.2, 0.25) is 0 Å². The zero-order chi connectivity index (χ0) is 11.4. The molecule has 16 heavy (non-hydrogen) atoms. The average molecular weight is 212 g/mol. The van der Waals surface area contributed by atoms with E-state index in [4.69, 9.17) is 5.73 Å². The Balaban J connectivity index is 2.44. The summed E-state index contributed by atoms with van der Waals surface area (Å²) in [6, 6.07) is 5.74. The van der Waals surface area contributed by atoms with Gasteiger partial charge in [0, 0.05) is 10.9 Å². The molecule has 0 aliphatic carbocycles. The topological polar surface area (TPSA) is 63.8 Å². The average Bonchev–Trinajstić information content (AvgIpc) is 2.30. The zero-order valence-electron chi connectivity index (χ0n) is 8.99. The Morgan fingerprint density at radius 2 is 2.25 bits per heavy atom. The predicted molar refractivity (Wildman–Crippen MR) is 64.8 cm³/mol. The van der Waals surface area contributed by atoms with E-state index in [0.29, 0.717) is 12.4 Å². The molecule has 0 amide bonds. The van der Waals surface area contributed by atoms with Gasteiger partial charge in [0.25, 0.3) is 0 Å². The minimum Gasteiger partial charge on any atom is -0.383 e. The third-order valence-corrected chi connectivity index (χ3v) is 2.16. The predicted octanol–water partition coefficient (Wildman–Crippen LogP) is 0.783. The number of hydrogen-bond acceptors (Lipinski definition) is 4. The fourth-order valence-corrected chi connectivity index (χ4v) is 1.39. The van der Waals surface area contributed by atoms with Crippen LogP contribution in [0.3, 0.4) is 0 Å². The van der Waals surface area contributed by atoms with Crippen LogP contribution in [0.25, 0.3) is 10.9 Å². The number of fused-ring (bicyclic) bond motifs is 1. The molecule has 0 aliphatic heterocycles. The number of nitrogen functional groups attached to an aromatic ring is 1. The van der Waals surface area contributed by atoms with E-state index in [-0.39, 0.29) is 0 Å². The molecule has 0 spiro atoms. The van der Waals surface area contributed by atoms with Gasteiger partial charge in [0.05, 0.1) is 12.1 Å². The highest BCUT2D eigenvalue weighted by Crippen LogP contribution is 2.17. The summed E-state index contributed by atoms with van der Waals surface area (Å²) in [5.41, 5.74) is 7.53. The van der Waals surface area contributed by atoms with Gasteiger partial charge in [-0.3, -0.25) is 0 Å². The molecule has 0 bridgehead atoms. The Morgan fingerprint density at radius 3 is 3.06 bits per heavy atom.